The molecule has 2 heterocycles. The lowest BCUT2D eigenvalue weighted by atomic mass is 9.90. The number of hydrogen-bond donors (Lipinski definition) is 1. The zero-order valence-corrected chi connectivity index (χ0v) is 28.1. The zero-order valence-electron chi connectivity index (χ0n) is 28.1. The maximum absolute atomic E-state index is 14.0. The molecule has 0 unspecified atom stereocenters. The second kappa shape index (κ2) is 17.6. The minimum atomic E-state index is -0.830. The predicted octanol–water partition coefficient (Wildman–Crippen LogP) is 6.13. The molecule has 0 spiro atoms. The second-order valence-electron chi connectivity index (χ2n) is 12.3. The van der Waals surface area contributed by atoms with Crippen LogP contribution in [0.3, 0.4) is 0 Å². The van der Waals surface area contributed by atoms with E-state index in [1.165, 1.54) is 28.9 Å². The number of aryl methyl sites for hydroxylation is 2. The summed E-state index contributed by atoms with van der Waals surface area (Å²) in [5.74, 6) is -0.812. The molecule has 0 radical (unpaired) electrons. The first-order chi connectivity index (χ1) is 22.8. The number of ether oxygens (including phenoxy) is 2. The van der Waals surface area contributed by atoms with Crippen molar-refractivity contribution in [3.05, 3.63) is 119 Å². The quantitative estimate of drug-likeness (QED) is 0.102. The minimum Gasteiger partial charge on any atom is -0.469 e. The molecule has 1 aromatic heterocycles. The Morgan fingerprint density at radius 3 is 2.53 bits per heavy atom. The Morgan fingerprint density at radius 2 is 1.81 bits per heavy atom. The monoisotopic (exact) mass is 639 g/mol. The standard InChI is InChI=1S/C39H49N3O5/c1-6-8-9-10-15-30-16-11-14-28(3)38(30)32-18-12-17-31(23-32)34(24-37(44)47-5)40-39(45)35(13-7-2)42-25-29(19-20-36(42)43)21-22-41-26-33(27-41)46-4/h6-7,11-12,14,16-20,23,25,33-35H,1-2,8-10,13,15,21-22,24,26-27H2,3-5H3,(H,40,45)/t34-,35-/m0/s1. The molecule has 2 atom stereocenters. The first kappa shape index (κ1) is 35.6. The van der Waals surface area contributed by atoms with Crippen LogP contribution in [0.15, 0.2) is 90.9 Å². The van der Waals surface area contributed by atoms with E-state index in [4.69, 9.17) is 9.47 Å². The fraction of sp³-hybridized carbons (Fsp3) is 0.410. The van der Waals surface area contributed by atoms with Crippen molar-refractivity contribution in [3.63, 3.8) is 0 Å². The highest BCUT2D eigenvalue weighted by Crippen LogP contribution is 2.32. The van der Waals surface area contributed by atoms with Crippen LogP contribution in [-0.2, 0) is 31.9 Å². The van der Waals surface area contributed by atoms with Crippen molar-refractivity contribution >= 4 is 11.9 Å². The summed E-state index contributed by atoms with van der Waals surface area (Å²) in [6.07, 6.45) is 10.6. The van der Waals surface area contributed by atoms with Gasteiger partial charge in [-0.1, -0.05) is 54.6 Å². The Balaban J connectivity index is 1.59. The van der Waals surface area contributed by atoms with Crippen LogP contribution in [0.25, 0.3) is 11.1 Å². The molecule has 1 fully saturated rings. The van der Waals surface area contributed by atoms with Gasteiger partial charge in [-0.05, 0) is 84.9 Å². The minimum absolute atomic E-state index is 0.0536. The van der Waals surface area contributed by atoms with Crippen molar-refractivity contribution in [2.24, 2.45) is 0 Å². The molecular formula is C39H49N3O5. The van der Waals surface area contributed by atoms with E-state index in [2.05, 4.69) is 54.6 Å². The lowest BCUT2D eigenvalue weighted by Gasteiger charge is -2.38. The first-order valence-corrected chi connectivity index (χ1v) is 16.5. The molecule has 8 nitrogen and oxygen atoms in total. The summed E-state index contributed by atoms with van der Waals surface area (Å²) in [6, 6.07) is 16.2. The maximum atomic E-state index is 14.0. The Bertz CT molecular complexity index is 1590. The molecule has 1 aliphatic rings. The number of hydrogen-bond acceptors (Lipinski definition) is 6. The number of rotatable bonds is 18. The number of nitrogens with one attached hydrogen (secondary N) is 1. The smallest absolute Gasteiger partial charge is 0.307 e. The van der Waals surface area contributed by atoms with Crippen molar-refractivity contribution < 1.29 is 19.1 Å². The number of methoxy groups -OCH3 is 2. The lowest BCUT2D eigenvalue weighted by molar-refractivity contribution is -0.141. The summed E-state index contributed by atoms with van der Waals surface area (Å²) in [5, 5.41) is 3.09. The molecule has 1 amide bonds. The summed E-state index contributed by atoms with van der Waals surface area (Å²) in [4.78, 5) is 42.0. The summed E-state index contributed by atoms with van der Waals surface area (Å²) in [5.41, 5.74) is 6.08. The van der Waals surface area contributed by atoms with E-state index in [0.717, 1.165) is 74.0 Å². The molecule has 1 aliphatic heterocycles. The van der Waals surface area contributed by atoms with Crippen LogP contribution in [-0.4, -0.2) is 61.3 Å². The maximum Gasteiger partial charge on any atom is 0.307 e. The van der Waals surface area contributed by atoms with Crippen molar-refractivity contribution in [3.8, 4) is 11.1 Å². The highest BCUT2D eigenvalue weighted by Gasteiger charge is 2.28. The van der Waals surface area contributed by atoms with Gasteiger partial charge in [-0.15, -0.1) is 13.2 Å². The molecule has 0 aliphatic carbocycles. The fourth-order valence-electron chi connectivity index (χ4n) is 6.22. The van der Waals surface area contributed by atoms with Gasteiger partial charge in [0, 0.05) is 39.0 Å². The molecule has 250 valence electrons. The second-order valence-corrected chi connectivity index (χ2v) is 12.3. The zero-order chi connectivity index (χ0) is 33.8. The Kier molecular flexibility index (Phi) is 13.3. The number of likely N-dealkylation sites (tertiary alicyclic amines) is 1. The van der Waals surface area contributed by atoms with E-state index in [9.17, 15) is 14.4 Å². The molecule has 3 aromatic rings. The number of unbranched alkanes of at least 4 members (excludes halogenated alkanes) is 2. The number of amides is 1. The van der Waals surface area contributed by atoms with Crippen LogP contribution in [0.4, 0.5) is 0 Å². The van der Waals surface area contributed by atoms with Gasteiger partial charge in [-0.2, -0.15) is 0 Å². The average Bonchev–Trinajstić information content (AvgIpc) is 3.05. The van der Waals surface area contributed by atoms with Gasteiger partial charge >= 0.3 is 5.97 Å². The van der Waals surface area contributed by atoms with Gasteiger partial charge in [-0.25, -0.2) is 0 Å². The predicted molar refractivity (Wildman–Crippen MR) is 187 cm³/mol. The van der Waals surface area contributed by atoms with Crippen molar-refractivity contribution in [2.45, 2.75) is 70.1 Å². The molecule has 0 saturated carbocycles. The van der Waals surface area contributed by atoms with E-state index in [-0.39, 0.29) is 30.4 Å². The van der Waals surface area contributed by atoms with Gasteiger partial charge in [0.15, 0.2) is 0 Å². The molecule has 47 heavy (non-hydrogen) atoms. The summed E-state index contributed by atoms with van der Waals surface area (Å²) in [7, 11) is 3.06. The SMILES string of the molecule is C=CCCCCc1cccc(C)c1-c1cccc([C@H](CC(=O)OC)NC(=O)[C@H](CC=C)n2cc(CCN3CC(OC)C3)ccc2=O)c1. The third-order valence-electron chi connectivity index (χ3n) is 8.96. The highest BCUT2D eigenvalue weighted by atomic mass is 16.5. The molecule has 1 saturated heterocycles. The average molecular weight is 640 g/mol. The van der Waals surface area contributed by atoms with Crippen molar-refractivity contribution in [1.29, 1.82) is 0 Å². The van der Waals surface area contributed by atoms with Crippen LogP contribution in [0.2, 0.25) is 0 Å². The third-order valence-corrected chi connectivity index (χ3v) is 8.96. The number of aromatic nitrogens is 1. The third kappa shape index (κ3) is 9.62. The molecule has 1 N–H and O–H groups in total. The molecular weight excluding hydrogens is 590 g/mol. The number of nitrogens with zero attached hydrogens (tertiary/aromatic N) is 2. The van der Waals surface area contributed by atoms with Crippen LogP contribution >= 0.6 is 0 Å². The summed E-state index contributed by atoms with van der Waals surface area (Å²) < 4.78 is 11.9. The summed E-state index contributed by atoms with van der Waals surface area (Å²) in [6.45, 7) is 12.4. The number of pyridine rings is 1. The largest absolute Gasteiger partial charge is 0.469 e. The number of allylic oxidation sites excluding steroid dienone is 2. The van der Waals surface area contributed by atoms with Crippen LogP contribution in [0, 0.1) is 6.92 Å². The van der Waals surface area contributed by atoms with Gasteiger partial charge in [0.25, 0.3) is 5.56 Å². The van der Waals surface area contributed by atoms with Gasteiger partial charge in [0.1, 0.15) is 6.04 Å². The van der Waals surface area contributed by atoms with E-state index < -0.39 is 18.1 Å². The number of carbonyl (C=O) groups is 2. The number of esters is 1. The van der Waals surface area contributed by atoms with Crippen molar-refractivity contribution in [1.82, 2.24) is 14.8 Å². The van der Waals surface area contributed by atoms with E-state index in [1.54, 1.807) is 19.4 Å². The van der Waals surface area contributed by atoms with Gasteiger partial charge in [-0.3, -0.25) is 19.3 Å². The van der Waals surface area contributed by atoms with Crippen LogP contribution in [0.5, 0.6) is 0 Å². The van der Waals surface area contributed by atoms with E-state index >= 15 is 0 Å². The fourth-order valence-corrected chi connectivity index (χ4v) is 6.22. The number of benzene rings is 2. The van der Waals surface area contributed by atoms with E-state index in [1.807, 2.05) is 30.3 Å². The normalized spacial score (nSPS) is 14.5. The first-order valence-electron chi connectivity index (χ1n) is 16.5. The van der Waals surface area contributed by atoms with Gasteiger partial charge < -0.3 is 19.4 Å². The van der Waals surface area contributed by atoms with Crippen LogP contribution < -0.4 is 10.9 Å². The van der Waals surface area contributed by atoms with Gasteiger partial charge in [0.05, 0.1) is 25.7 Å². The molecule has 8 heteroatoms. The Hall–Kier alpha value is -4.27. The molecule has 4 rings (SSSR count). The summed E-state index contributed by atoms with van der Waals surface area (Å²) >= 11 is 0. The number of carbonyl (C=O) groups excluding carboxylic acids is 2. The Morgan fingerprint density at radius 1 is 1.02 bits per heavy atom. The lowest BCUT2D eigenvalue weighted by Crippen LogP contribution is -2.52. The molecule has 0 bridgehead atoms. The van der Waals surface area contributed by atoms with Crippen LogP contribution in [0.1, 0.15) is 66.4 Å². The highest BCUT2D eigenvalue weighted by molar-refractivity contribution is 5.82. The van der Waals surface area contributed by atoms with Crippen molar-refractivity contribution in [2.75, 3.05) is 33.9 Å². The topological polar surface area (TPSA) is 89.9 Å². The molecule has 2 aromatic carbocycles. The van der Waals surface area contributed by atoms with Gasteiger partial charge in [0.2, 0.25) is 5.91 Å². The van der Waals surface area contributed by atoms with E-state index in [0.29, 0.717) is 0 Å². The Labute approximate surface area is 279 Å².